The average Bonchev–Trinajstić information content (AvgIpc) is 3.31. The van der Waals surface area contributed by atoms with E-state index in [9.17, 15) is 0 Å². The molecule has 1 heterocycles. The maximum absolute atomic E-state index is 5.04. The average molecular weight is 567 g/mol. The van der Waals surface area contributed by atoms with Crippen LogP contribution in [0.4, 0.5) is 0 Å². The summed E-state index contributed by atoms with van der Waals surface area (Å²) >= 11 is 0. The van der Waals surface area contributed by atoms with Gasteiger partial charge in [-0.15, -0.1) is 0 Å². The summed E-state index contributed by atoms with van der Waals surface area (Å²) in [6.45, 7) is 11.3. The van der Waals surface area contributed by atoms with Gasteiger partial charge in [-0.2, -0.15) is 0 Å². The Hall–Kier alpha value is -5.34. The number of fused-ring (bicyclic) bond motifs is 3. The first-order chi connectivity index (χ1) is 21.4. The lowest BCUT2D eigenvalue weighted by Crippen LogP contribution is -2.16. The van der Waals surface area contributed by atoms with Crippen LogP contribution in [0.5, 0.6) is 0 Å². The molecule has 0 amide bonds. The third-order valence-corrected chi connectivity index (χ3v) is 8.80. The number of aryl methyl sites for hydroxylation is 1. The SMILES string of the molecule is C=C(/C=C\c1c(C)ccc2c1C(C)(C)c1ccccc1-2)c1nc(-c2ccccc2)cc(-c2ccc(-c3ccccc3)cc2)n1. The zero-order chi connectivity index (χ0) is 30.3. The summed E-state index contributed by atoms with van der Waals surface area (Å²) in [7, 11) is 0. The minimum absolute atomic E-state index is 0.0955. The van der Waals surface area contributed by atoms with E-state index in [-0.39, 0.29) is 5.41 Å². The summed E-state index contributed by atoms with van der Waals surface area (Å²) in [5.41, 5.74) is 14.7. The van der Waals surface area contributed by atoms with E-state index in [1.165, 1.54) is 44.5 Å². The van der Waals surface area contributed by atoms with Gasteiger partial charge in [-0.3, -0.25) is 0 Å². The van der Waals surface area contributed by atoms with Gasteiger partial charge in [-0.05, 0) is 57.5 Å². The van der Waals surface area contributed by atoms with Crippen molar-refractivity contribution in [1.82, 2.24) is 9.97 Å². The molecule has 5 aromatic carbocycles. The summed E-state index contributed by atoms with van der Waals surface area (Å²) < 4.78 is 0. The molecule has 7 rings (SSSR count). The zero-order valence-electron chi connectivity index (χ0n) is 25.4. The van der Waals surface area contributed by atoms with Crippen LogP contribution in [0.1, 0.15) is 41.9 Å². The predicted octanol–water partition coefficient (Wildman–Crippen LogP) is 10.8. The van der Waals surface area contributed by atoms with Crippen molar-refractivity contribution in [3.05, 3.63) is 168 Å². The number of hydrogen-bond acceptors (Lipinski definition) is 2. The topological polar surface area (TPSA) is 25.8 Å². The molecule has 0 bridgehead atoms. The Kier molecular flexibility index (Phi) is 6.91. The molecule has 1 aliphatic rings. The first-order valence-electron chi connectivity index (χ1n) is 15.1. The van der Waals surface area contributed by atoms with Gasteiger partial charge >= 0.3 is 0 Å². The standard InChI is InChI=1S/C42H34N2/c1-28-19-26-36-35-17-11-12-18-37(35)42(3,4)40(36)34(28)25-20-29(2)41-43-38(32-15-9-6-10-16-32)27-39(44-41)33-23-21-31(22-24-33)30-13-7-5-8-14-30/h5-27H,2H2,1,3-4H3/b25-20-. The fourth-order valence-electron chi connectivity index (χ4n) is 6.45. The molecule has 0 saturated heterocycles. The fraction of sp³-hybridized carbons (Fsp3) is 0.0952. The van der Waals surface area contributed by atoms with Gasteiger partial charge in [0.2, 0.25) is 0 Å². The summed E-state index contributed by atoms with van der Waals surface area (Å²) in [6.07, 6.45) is 4.28. The fourth-order valence-corrected chi connectivity index (χ4v) is 6.45. The molecule has 2 nitrogen and oxygen atoms in total. The van der Waals surface area contributed by atoms with E-state index in [0.29, 0.717) is 5.82 Å². The van der Waals surface area contributed by atoms with E-state index in [0.717, 1.165) is 28.1 Å². The van der Waals surface area contributed by atoms with Gasteiger partial charge in [0.15, 0.2) is 5.82 Å². The molecule has 2 heteroatoms. The van der Waals surface area contributed by atoms with Crippen LogP contribution in [0.15, 0.2) is 140 Å². The lowest BCUT2D eigenvalue weighted by molar-refractivity contribution is 0.658. The van der Waals surface area contributed by atoms with Gasteiger partial charge in [0, 0.05) is 22.1 Å². The Labute approximate surface area is 260 Å². The molecule has 6 aromatic rings. The maximum atomic E-state index is 5.04. The number of hydrogen-bond donors (Lipinski definition) is 0. The van der Waals surface area contributed by atoms with Crippen molar-refractivity contribution in [3.63, 3.8) is 0 Å². The van der Waals surface area contributed by atoms with E-state index in [4.69, 9.17) is 9.97 Å². The Balaban J connectivity index is 1.28. The minimum Gasteiger partial charge on any atom is -0.228 e. The van der Waals surface area contributed by atoms with Crippen molar-refractivity contribution in [2.24, 2.45) is 0 Å². The summed E-state index contributed by atoms with van der Waals surface area (Å²) in [5.74, 6) is 0.623. The highest BCUT2D eigenvalue weighted by Gasteiger charge is 2.37. The molecular formula is C42H34N2. The molecule has 212 valence electrons. The van der Waals surface area contributed by atoms with Crippen LogP contribution < -0.4 is 0 Å². The van der Waals surface area contributed by atoms with Crippen LogP contribution in [0.2, 0.25) is 0 Å². The third-order valence-electron chi connectivity index (χ3n) is 8.80. The van der Waals surface area contributed by atoms with Gasteiger partial charge in [0.1, 0.15) is 0 Å². The second kappa shape index (κ2) is 11.1. The van der Waals surface area contributed by atoms with Gasteiger partial charge in [0.25, 0.3) is 0 Å². The summed E-state index contributed by atoms with van der Waals surface area (Å²) in [4.78, 5) is 10.0. The normalized spacial score (nSPS) is 13.1. The van der Waals surface area contributed by atoms with Crippen molar-refractivity contribution in [2.45, 2.75) is 26.2 Å². The number of aromatic nitrogens is 2. The van der Waals surface area contributed by atoms with E-state index in [1.54, 1.807) is 0 Å². The summed E-state index contributed by atoms with van der Waals surface area (Å²) in [6, 6.07) is 44.6. The highest BCUT2D eigenvalue weighted by molar-refractivity contribution is 5.87. The highest BCUT2D eigenvalue weighted by atomic mass is 14.9. The van der Waals surface area contributed by atoms with E-state index in [1.807, 2.05) is 24.3 Å². The predicted molar refractivity (Wildman–Crippen MR) is 185 cm³/mol. The Morgan fingerprint density at radius 1 is 0.614 bits per heavy atom. The first-order valence-corrected chi connectivity index (χ1v) is 15.1. The largest absolute Gasteiger partial charge is 0.228 e. The molecule has 0 unspecified atom stereocenters. The molecule has 0 saturated carbocycles. The number of nitrogens with zero attached hydrogens (tertiary/aromatic N) is 2. The molecule has 1 aromatic heterocycles. The van der Waals surface area contributed by atoms with E-state index in [2.05, 4.69) is 143 Å². The van der Waals surface area contributed by atoms with Crippen LogP contribution in [0.25, 0.3) is 56.4 Å². The molecule has 0 N–H and O–H groups in total. The molecule has 0 aliphatic heterocycles. The van der Waals surface area contributed by atoms with Gasteiger partial charge in [0.05, 0.1) is 11.4 Å². The van der Waals surface area contributed by atoms with Gasteiger partial charge < -0.3 is 0 Å². The lowest BCUT2D eigenvalue weighted by Gasteiger charge is -2.24. The van der Waals surface area contributed by atoms with Crippen LogP contribution in [0, 0.1) is 6.92 Å². The number of allylic oxidation sites excluding steroid dienone is 2. The Morgan fingerprint density at radius 2 is 1.16 bits per heavy atom. The second-order valence-corrected chi connectivity index (χ2v) is 12.0. The van der Waals surface area contributed by atoms with E-state index < -0.39 is 0 Å². The Bertz CT molecular complexity index is 2030. The summed E-state index contributed by atoms with van der Waals surface area (Å²) in [5, 5.41) is 0. The zero-order valence-corrected chi connectivity index (χ0v) is 25.4. The Morgan fingerprint density at radius 3 is 1.84 bits per heavy atom. The van der Waals surface area contributed by atoms with Crippen LogP contribution in [-0.4, -0.2) is 9.97 Å². The first kappa shape index (κ1) is 27.5. The van der Waals surface area contributed by atoms with Crippen molar-refractivity contribution in [1.29, 1.82) is 0 Å². The molecule has 0 atom stereocenters. The quantitative estimate of drug-likeness (QED) is 0.187. The van der Waals surface area contributed by atoms with Gasteiger partial charge in [-0.25, -0.2) is 9.97 Å². The van der Waals surface area contributed by atoms with Crippen molar-refractivity contribution >= 4 is 11.6 Å². The molecule has 44 heavy (non-hydrogen) atoms. The number of rotatable bonds is 6. The van der Waals surface area contributed by atoms with Crippen molar-refractivity contribution in [2.75, 3.05) is 0 Å². The molecular weight excluding hydrogens is 532 g/mol. The smallest absolute Gasteiger partial charge is 0.159 e. The highest BCUT2D eigenvalue weighted by Crippen LogP contribution is 2.50. The van der Waals surface area contributed by atoms with Crippen LogP contribution in [-0.2, 0) is 5.41 Å². The van der Waals surface area contributed by atoms with Crippen LogP contribution >= 0.6 is 0 Å². The minimum atomic E-state index is -0.0955. The molecule has 0 radical (unpaired) electrons. The van der Waals surface area contributed by atoms with Gasteiger partial charge in [-0.1, -0.05) is 154 Å². The number of benzene rings is 5. The second-order valence-electron chi connectivity index (χ2n) is 12.0. The molecule has 0 fully saturated rings. The van der Waals surface area contributed by atoms with Crippen molar-refractivity contribution in [3.8, 4) is 44.8 Å². The monoisotopic (exact) mass is 566 g/mol. The maximum Gasteiger partial charge on any atom is 0.159 e. The van der Waals surface area contributed by atoms with Crippen molar-refractivity contribution < 1.29 is 0 Å². The molecule has 1 aliphatic carbocycles. The van der Waals surface area contributed by atoms with Crippen LogP contribution in [0.3, 0.4) is 0 Å². The van der Waals surface area contributed by atoms with E-state index >= 15 is 0 Å². The molecule has 0 spiro atoms. The third kappa shape index (κ3) is 4.89. The lowest BCUT2D eigenvalue weighted by atomic mass is 9.79.